The molecule has 1 aliphatic heterocycles. The van der Waals surface area contributed by atoms with Gasteiger partial charge in [0.15, 0.2) is 17.3 Å². The molecule has 0 fully saturated rings. The fraction of sp³-hybridized carbons (Fsp3) is 0.167. The number of amides is 1. The molecule has 4 rings (SSSR count). The van der Waals surface area contributed by atoms with E-state index in [1.54, 1.807) is 12.1 Å². The molecule has 2 heterocycles. The first kappa shape index (κ1) is 15.2. The fourth-order valence-corrected chi connectivity index (χ4v) is 2.45. The van der Waals surface area contributed by atoms with Crippen LogP contribution in [0, 0.1) is 0 Å². The van der Waals surface area contributed by atoms with E-state index >= 15 is 0 Å². The van der Waals surface area contributed by atoms with Crippen LogP contribution in [-0.4, -0.2) is 28.8 Å². The largest absolute Gasteiger partial charge is 0.485 e. The highest BCUT2D eigenvalue weighted by molar-refractivity contribution is 5.81. The van der Waals surface area contributed by atoms with Gasteiger partial charge in [0.05, 0.1) is 6.54 Å². The molecule has 1 atom stereocenters. The number of rotatable bonds is 4. The molecule has 1 amide bonds. The van der Waals surface area contributed by atoms with Crippen LogP contribution in [0.25, 0.3) is 11.5 Å². The highest BCUT2D eigenvalue weighted by Gasteiger charge is 2.27. The number of para-hydroxylation sites is 2. The van der Waals surface area contributed by atoms with Crippen molar-refractivity contribution in [3.63, 3.8) is 0 Å². The highest BCUT2D eigenvalue weighted by Crippen LogP contribution is 2.30. The minimum atomic E-state index is -0.713. The van der Waals surface area contributed by atoms with Gasteiger partial charge in [-0.3, -0.25) is 4.79 Å². The van der Waals surface area contributed by atoms with Gasteiger partial charge in [-0.05, 0) is 24.3 Å². The third-order valence-electron chi connectivity index (χ3n) is 3.71. The van der Waals surface area contributed by atoms with Gasteiger partial charge in [0.2, 0.25) is 6.10 Å². The molecule has 0 saturated carbocycles. The van der Waals surface area contributed by atoms with E-state index in [2.05, 4.69) is 15.5 Å². The summed E-state index contributed by atoms with van der Waals surface area (Å²) >= 11 is 0. The maximum absolute atomic E-state index is 12.3. The van der Waals surface area contributed by atoms with Crippen LogP contribution in [0.3, 0.4) is 0 Å². The molecule has 0 radical (unpaired) electrons. The smallest absolute Gasteiger partial charge is 0.265 e. The SMILES string of the molecule is O=C(NCc1noc(-c2ccccc2)n1)[C@H]1COc2ccccc2O1. The Morgan fingerprint density at radius 1 is 1.08 bits per heavy atom. The summed E-state index contributed by atoms with van der Waals surface area (Å²) in [6.45, 7) is 0.307. The molecule has 1 aromatic heterocycles. The summed E-state index contributed by atoms with van der Waals surface area (Å²) in [6.07, 6.45) is -0.713. The zero-order valence-corrected chi connectivity index (χ0v) is 13.2. The first-order valence-electron chi connectivity index (χ1n) is 7.84. The van der Waals surface area contributed by atoms with Gasteiger partial charge >= 0.3 is 0 Å². The second kappa shape index (κ2) is 6.64. The van der Waals surface area contributed by atoms with Crippen molar-refractivity contribution in [1.82, 2.24) is 15.5 Å². The molecule has 7 heteroatoms. The Hall–Kier alpha value is -3.35. The van der Waals surface area contributed by atoms with Crippen molar-refractivity contribution in [3.05, 3.63) is 60.4 Å². The number of nitrogens with zero attached hydrogens (tertiary/aromatic N) is 2. The zero-order chi connectivity index (χ0) is 17.1. The fourth-order valence-electron chi connectivity index (χ4n) is 2.45. The van der Waals surface area contributed by atoms with Crippen LogP contribution in [0.5, 0.6) is 11.5 Å². The summed E-state index contributed by atoms with van der Waals surface area (Å²) < 4.78 is 16.4. The first-order chi connectivity index (χ1) is 12.3. The van der Waals surface area contributed by atoms with Crippen LogP contribution in [0.4, 0.5) is 0 Å². The first-order valence-corrected chi connectivity index (χ1v) is 7.84. The van der Waals surface area contributed by atoms with Crippen LogP contribution in [0.1, 0.15) is 5.82 Å². The molecule has 25 heavy (non-hydrogen) atoms. The Kier molecular flexibility index (Phi) is 4.04. The minimum absolute atomic E-state index is 0.149. The van der Waals surface area contributed by atoms with Crippen molar-refractivity contribution >= 4 is 5.91 Å². The summed E-state index contributed by atoms with van der Waals surface area (Å²) in [6, 6.07) is 16.7. The topological polar surface area (TPSA) is 86.5 Å². The average molecular weight is 337 g/mol. The maximum Gasteiger partial charge on any atom is 0.265 e. The Labute approximate surface area is 143 Å². The normalized spacial score (nSPS) is 15.6. The quantitative estimate of drug-likeness (QED) is 0.785. The number of aromatic nitrogens is 2. The molecule has 1 aliphatic rings. The molecule has 0 unspecified atom stereocenters. The van der Waals surface area contributed by atoms with Crippen LogP contribution in [0.2, 0.25) is 0 Å². The number of carbonyl (C=O) groups is 1. The predicted molar refractivity (Wildman–Crippen MR) is 87.9 cm³/mol. The van der Waals surface area contributed by atoms with Crippen molar-refractivity contribution < 1.29 is 18.8 Å². The summed E-state index contributed by atoms with van der Waals surface area (Å²) in [4.78, 5) is 16.5. The van der Waals surface area contributed by atoms with E-state index in [0.717, 1.165) is 5.56 Å². The van der Waals surface area contributed by atoms with E-state index < -0.39 is 6.10 Å². The lowest BCUT2D eigenvalue weighted by Crippen LogP contribution is -2.43. The summed E-state index contributed by atoms with van der Waals surface area (Å²) in [5.41, 5.74) is 0.827. The number of fused-ring (bicyclic) bond motifs is 1. The second-order valence-corrected chi connectivity index (χ2v) is 5.46. The summed E-state index contributed by atoms with van der Waals surface area (Å²) in [5.74, 6) is 1.71. The van der Waals surface area contributed by atoms with Crippen molar-refractivity contribution in [2.75, 3.05) is 6.61 Å². The van der Waals surface area contributed by atoms with Gasteiger partial charge < -0.3 is 19.3 Å². The Balaban J connectivity index is 1.36. The van der Waals surface area contributed by atoms with Gasteiger partial charge in [0, 0.05) is 5.56 Å². The minimum Gasteiger partial charge on any atom is -0.485 e. The van der Waals surface area contributed by atoms with Gasteiger partial charge in [0.25, 0.3) is 11.8 Å². The maximum atomic E-state index is 12.3. The molecule has 3 aromatic rings. The van der Waals surface area contributed by atoms with Gasteiger partial charge in [-0.2, -0.15) is 4.98 Å². The summed E-state index contributed by atoms with van der Waals surface area (Å²) in [7, 11) is 0. The standard InChI is InChI=1S/C18H15N3O4/c22-17(15-11-23-13-8-4-5-9-14(13)24-15)19-10-16-20-18(25-21-16)12-6-2-1-3-7-12/h1-9,15H,10-11H2,(H,19,22)/t15-/m1/s1. The van der Waals surface area contributed by atoms with E-state index in [0.29, 0.717) is 23.2 Å². The van der Waals surface area contributed by atoms with Gasteiger partial charge in [-0.1, -0.05) is 35.5 Å². The molecule has 0 bridgehead atoms. The number of hydrogen-bond acceptors (Lipinski definition) is 6. The lowest BCUT2D eigenvalue weighted by Gasteiger charge is -2.25. The van der Waals surface area contributed by atoms with Gasteiger partial charge in [-0.25, -0.2) is 0 Å². The van der Waals surface area contributed by atoms with Crippen molar-refractivity contribution in [2.24, 2.45) is 0 Å². The molecule has 7 nitrogen and oxygen atoms in total. The molecule has 0 saturated heterocycles. The number of ether oxygens (including phenoxy) is 2. The van der Waals surface area contributed by atoms with Crippen LogP contribution >= 0.6 is 0 Å². The molecule has 0 spiro atoms. The zero-order valence-electron chi connectivity index (χ0n) is 13.2. The van der Waals surface area contributed by atoms with Crippen LogP contribution in [-0.2, 0) is 11.3 Å². The Morgan fingerprint density at radius 3 is 2.68 bits per heavy atom. The number of carbonyl (C=O) groups excluding carboxylic acids is 1. The van der Waals surface area contributed by atoms with E-state index in [9.17, 15) is 4.79 Å². The van der Waals surface area contributed by atoms with Crippen molar-refractivity contribution in [1.29, 1.82) is 0 Å². The molecule has 0 aliphatic carbocycles. The second-order valence-electron chi connectivity index (χ2n) is 5.46. The molecular weight excluding hydrogens is 322 g/mol. The van der Waals surface area contributed by atoms with E-state index in [1.807, 2.05) is 42.5 Å². The third-order valence-corrected chi connectivity index (χ3v) is 3.71. The molecule has 2 aromatic carbocycles. The lowest BCUT2D eigenvalue weighted by atomic mass is 10.2. The lowest BCUT2D eigenvalue weighted by molar-refractivity contribution is -0.130. The van der Waals surface area contributed by atoms with Crippen molar-refractivity contribution in [2.45, 2.75) is 12.6 Å². The van der Waals surface area contributed by atoms with Crippen LogP contribution in [0.15, 0.2) is 59.1 Å². The Bertz CT molecular complexity index is 879. The van der Waals surface area contributed by atoms with Crippen molar-refractivity contribution in [3.8, 4) is 23.0 Å². The number of nitrogens with one attached hydrogen (secondary N) is 1. The van der Waals surface area contributed by atoms with Gasteiger partial charge in [0.1, 0.15) is 6.61 Å². The monoisotopic (exact) mass is 337 g/mol. The molecule has 126 valence electrons. The van der Waals surface area contributed by atoms with Gasteiger partial charge in [-0.15, -0.1) is 0 Å². The number of benzene rings is 2. The predicted octanol–water partition coefficient (Wildman–Crippen LogP) is 2.19. The average Bonchev–Trinajstić information content (AvgIpc) is 3.15. The summed E-state index contributed by atoms with van der Waals surface area (Å²) in [5, 5.41) is 6.61. The molecular formula is C18H15N3O4. The van der Waals surface area contributed by atoms with E-state index in [-0.39, 0.29) is 19.1 Å². The number of hydrogen-bond donors (Lipinski definition) is 1. The van der Waals surface area contributed by atoms with E-state index in [1.165, 1.54) is 0 Å². The Morgan fingerprint density at radius 2 is 1.84 bits per heavy atom. The van der Waals surface area contributed by atoms with E-state index in [4.69, 9.17) is 14.0 Å². The third kappa shape index (κ3) is 3.30. The van der Waals surface area contributed by atoms with Crippen LogP contribution < -0.4 is 14.8 Å². The molecule has 1 N–H and O–H groups in total. The highest BCUT2D eigenvalue weighted by atomic mass is 16.6.